The Kier molecular flexibility index (Phi) is 6.57. The van der Waals surface area contributed by atoms with Crippen LogP contribution >= 0.6 is 11.3 Å². The molecular formula is C24H27N5O3S2. The molecule has 1 aromatic carbocycles. The summed E-state index contributed by atoms with van der Waals surface area (Å²) in [4.78, 5) is 18.9. The molecule has 10 heteroatoms. The zero-order valence-electron chi connectivity index (χ0n) is 19.7. The second-order valence-electron chi connectivity index (χ2n) is 8.48. The lowest BCUT2D eigenvalue weighted by Gasteiger charge is -2.12. The number of amides is 1. The van der Waals surface area contributed by atoms with Gasteiger partial charge in [-0.25, -0.2) is 22.4 Å². The van der Waals surface area contributed by atoms with Crippen molar-refractivity contribution in [2.75, 3.05) is 14.1 Å². The number of carbonyl (C=O) groups excluding carboxylic acids is 1. The van der Waals surface area contributed by atoms with E-state index in [9.17, 15) is 13.2 Å². The molecule has 34 heavy (non-hydrogen) atoms. The van der Waals surface area contributed by atoms with Crippen LogP contribution in [-0.4, -0.2) is 47.5 Å². The van der Waals surface area contributed by atoms with E-state index in [4.69, 9.17) is 4.98 Å². The Morgan fingerprint density at radius 1 is 1.18 bits per heavy atom. The van der Waals surface area contributed by atoms with Gasteiger partial charge in [0.05, 0.1) is 29.4 Å². The van der Waals surface area contributed by atoms with Crippen molar-refractivity contribution in [2.24, 2.45) is 0 Å². The standard InChI is InChI=1S/C24H27N5O3S2/c1-15(2)29-23-20(14-26-29)19(12-21(27-23)18-9-7-6-8-16(18)3)24(30)25-13-17-10-11-22(33-17)34(31,32)28(4)5/h6-12,14-15H,13H2,1-5H3,(H,25,30). The molecule has 3 heterocycles. The molecule has 0 radical (unpaired) electrons. The summed E-state index contributed by atoms with van der Waals surface area (Å²) in [5, 5.41) is 8.07. The van der Waals surface area contributed by atoms with Gasteiger partial charge in [0.15, 0.2) is 5.65 Å². The van der Waals surface area contributed by atoms with Crippen LogP contribution in [0.5, 0.6) is 0 Å². The number of carbonyl (C=O) groups is 1. The van der Waals surface area contributed by atoms with Crippen LogP contribution in [0, 0.1) is 6.92 Å². The van der Waals surface area contributed by atoms with Crippen molar-refractivity contribution < 1.29 is 13.2 Å². The third-order valence-electron chi connectivity index (χ3n) is 5.52. The fraction of sp³-hybridized carbons (Fsp3) is 0.292. The summed E-state index contributed by atoms with van der Waals surface area (Å²) >= 11 is 1.15. The molecule has 4 aromatic rings. The van der Waals surface area contributed by atoms with E-state index >= 15 is 0 Å². The zero-order chi connectivity index (χ0) is 24.6. The van der Waals surface area contributed by atoms with Gasteiger partial charge >= 0.3 is 0 Å². The average Bonchev–Trinajstić information content (AvgIpc) is 3.44. The van der Waals surface area contributed by atoms with E-state index in [0.29, 0.717) is 22.3 Å². The molecular weight excluding hydrogens is 470 g/mol. The minimum absolute atomic E-state index is 0.0798. The first-order valence-corrected chi connectivity index (χ1v) is 13.1. The Balaban J connectivity index is 1.69. The predicted molar refractivity (Wildman–Crippen MR) is 134 cm³/mol. The van der Waals surface area contributed by atoms with E-state index in [0.717, 1.165) is 27.3 Å². The SMILES string of the molecule is Cc1ccccc1-c1cc(C(=O)NCc2ccc(S(=O)(=O)N(C)C)s2)c2cnn(C(C)C)c2n1. The number of thiophene rings is 1. The van der Waals surface area contributed by atoms with Crippen LogP contribution in [0.4, 0.5) is 0 Å². The molecule has 0 fully saturated rings. The van der Waals surface area contributed by atoms with Crippen molar-refractivity contribution >= 4 is 38.3 Å². The van der Waals surface area contributed by atoms with Gasteiger partial charge in [-0.1, -0.05) is 24.3 Å². The number of hydrogen-bond acceptors (Lipinski definition) is 6. The lowest BCUT2D eigenvalue weighted by molar-refractivity contribution is 0.0953. The van der Waals surface area contributed by atoms with Crippen molar-refractivity contribution in [3.63, 3.8) is 0 Å². The van der Waals surface area contributed by atoms with Crippen LogP contribution in [0.15, 0.2) is 52.9 Å². The van der Waals surface area contributed by atoms with Crippen LogP contribution in [0.1, 0.15) is 40.7 Å². The highest BCUT2D eigenvalue weighted by Gasteiger charge is 2.21. The molecule has 0 saturated heterocycles. The number of fused-ring (bicyclic) bond motifs is 1. The number of hydrogen-bond donors (Lipinski definition) is 1. The summed E-state index contributed by atoms with van der Waals surface area (Å²) in [6, 6.07) is 13.1. The van der Waals surface area contributed by atoms with E-state index < -0.39 is 10.0 Å². The van der Waals surface area contributed by atoms with E-state index in [1.807, 2.05) is 49.7 Å². The molecule has 178 valence electrons. The smallest absolute Gasteiger partial charge is 0.252 e. The summed E-state index contributed by atoms with van der Waals surface area (Å²) < 4.78 is 27.9. The van der Waals surface area contributed by atoms with Gasteiger partial charge in [-0.3, -0.25) is 4.79 Å². The number of aromatic nitrogens is 3. The van der Waals surface area contributed by atoms with E-state index in [1.165, 1.54) is 18.4 Å². The monoisotopic (exact) mass is 497 g/mol. The molecule has 1 N–H and O–H groups in total. The van der Waals surface area contributed by atoms with Crippen molar-refractivity contribution in [3.05, 3.63) is 64.7 Å². The maximum absolute atomic E-state index is 13.3. The Hall–Kier alpha value is -3.08. The summed E-state index contributed by atoms with van der Waals surface area (Å²) in [5.74, 6) is -0.268. The predicted octanol–water partition coefficient (Wildman–Crippen LogP) is 4.23. The summed E-state index contributed by atoms with van der Waals surface area (Å²) in [6.07, 6.45) is 1.67. The molecule has 0 aliphatic heterocycles. The van der Waals surface area contributed by atoms with Crippen molar-refractivity contribution in [1.29, 1.82) is 0 Å². The number of pyridine rings is 1. The topological polar surface area (TPSA) is 97.2 Å². The maximum atomic E-state index is 13.3. The molecule has 0 spiro atoms. The number of aryl methyl sites for hydroxylation is 1. The van der Waals surface area contributed by atoms with Crippen LogP contribution in [-0.2, 0) is 16.6 Å². The molecule has 0 bridgehead atoms. The van der Waals surface area contributed by atoms with E-state index in [-0.39, 0.29) is 22.7 Å². The van der Waals surface area contributed by atoms with Gasteiger partial charge in [0.2, 0.25) is 0 Å². The molecule has 0 aliphatic carbocycles. The number of nitrogens with one attached hydrogen (secondary N) is 1. The van der Waals surface area contributed by atoms with Crippen LogP contribution in [0.25, 0.3) is 22.3 Å². The number of rotatable bonds is 7. The van der Waals surface area contributed by atoms with Crippen LogP contribution < -0.4 is 5.32 Å². The lowest BCUT2D eigenvalue weighted by Crippen LogP contribution is -2.23. The maximum Gasteiger partial charge on any atom is 0.252 e. The van der Waals surface area contributed by atoms with E-state index in [2.05, 4.69) is 10.4 Å². The van der Waals surface area contributed by atoms with Crippen molar-refractivity contribution in [3.8, 4) is 11.3 Å². The molecule has 0 atom stereocenters. The largest absolute Gasteiger partial charge is 0.347 e. The molecule has 0 unspecified atom stereocenters. The number of sulfonamides is 1. The highest BCUT2D eigenvalue weighted by Crippen LogP contribution is 2.29. The Morgan fingerprint density at radius 2 is 1.91 bits per heavy atom. The minimum atomic E-state index is -3.50. The summed E-state index contributed by atoms with van der Waals surface area (Å²) in [7, 11) is -0.512. The number of benzene rings is 1. The molecule has 0 saturated carbocycles. The Bertz CT molecular complexity index is 1470. The first-order chi connectivity index (χ1) is 16.1. The van der Waals surface area contributed by atoms with Gasteiger partial charge in [-0.05, 0) is 44.5 Å². The van der Waals surface area contributed by atoms with Gasteiger partial charge in [0, 0.05) is 30.6 Å². The molecule has 8 nitrogen and oxygen atoms in total. The fourth-order valence-electron chi connectivity index (χ4n) is 3.62. The first-order valence-electron chi connectivity index (χ1n) is 10.8. The molecule has 1 amide bonds. The normalized spacial score (nSPS) is 12.1. The Morgan fingerprint density at radius 3 is 2.59 bits per heavy atom. The molecule has 3 aromatic heterocycles. The highest BCUT2D eigenvalue weighted by atomic mass is 32.2. The lowest BCUT2D eigenvalue weighted by atomic mass is 10.0. The highest BCUT2D eigenvalue weighted by molar-refractivity contribution is 7.91. The second kappa shape index (κ2) is 9.28. The van der Waals surface area contributed by atoms with Gasteiger partial charge in [-0.15, -0.1) is 11.3 Å². The third kappa shape index (κ3) is 4.48. The fourth-order valence-corrected chi connectivity index (χ4v) is 6.08. The third-order valence-corrected chi connectivity index (χ3v) is 8.88. The van der Waals surface area contributed by atoms with Crippen LogP contribution in [0.3, 0.4) is 0 Å². The molecule has 4 rings (SSSR count). The van der Waals surface area contributed by atoms with Crippen LogP contribution in [0.2, 0.25) is 0 Å². The van der Waals surface area contributed by atoms with Gasteiger partial charge in [-0.2, -0.15) is 5.10 Å². The van der Waals surface area contributed by atoms with Gasteiger partial charge in [0.25, 0.3) is 15.9 Å². The minimum Gasteiger partial charge on any atom is -0.347 e. The zero-order valence-corrected chi connectivity index (χ0v) is 21.4. The first kappa shape index (κ1) is 24.1. The Labute approximate surface area is 203 Å². The second-order valence-corrected chi connectivity index (χ2v) is 12.0. The average molecular weight is 498 g/mol. The quantitative estimate of drug-likeness (QED) is 0.412. The summed E-state index contributed by atoms with van der Waals surface area (Å²) in [5.41, 5.74) is 3.84. The van der Waals surface area contributed by atoms with Gasteiger partial charge in [0.1, 0.15) is 4.21 Å². The van der Waals surface area contributed by atoms with Gasteiger partial charge < -0.3 is 5.32 Å². The van der Waals surface area contributed by atoms with E-state index in [1.54, 1.807) is 24.4 Å². The summed E-state index contributed by atoms with van der Waals surface area (Å²) in [6.45, 7) is 6.26. The van der Waals surface area contributed by atoms with Crippen molar-refractivity contribution in [1.82, 2.24) is 24.4 Å². The van der Waals surface area contributed by atoms with Crippen molar-refractivity contribution in [2.45, 2.75) is 37.6 Å². The molecule has 0 aliphatic rings. The number of nitrogens with zero attached hydrogens (tertiary/aromatic N) is 4.